The minimum atomic E-state index is -0.301. The van der Waals surface area contributed by atoms with Gasteiger partial charge >= 0.3 is 5.97 Å². The Balaban J connectivity index is 0.00000200. The highest BCUT2D eigenvalue weighted by atomic mass is 127. The minimum Gasteiger partial charge on any atom is -0.465 e. The number of methoxy groups -OCH3 is 1. The van der Waals surface area contributed by atoms with Crippen LogP contribution in [0.25, 0.3) is 0 Å². The molecule has 20 heavy (non-hydrogen) atoms. The van der Waals surface area contributed by atoms with Crippen molar-refractivity contribution in [1.82, 2.24) is 10.6 Å². The van der Waals surface area contributed by atoms with Gasteiger partial charge in [0.2, 0.25) is 0 Å². The van der Waals surface area contributed by atoms with E-state index in [-0.39, 0.29) is 29.9 Å². The van der Waals surface area contributed by atoms with Crippen LogP contribution in [0.5, 0.6) is 0 Å². The predicted molar refractivity (Wildman–Crippen MR) is 89.8 cm³/mol. The van der Waals surface area contributed by atoms with Crippen LogP contribution < -0.4 is 10.6 Å². The molecule has 0 unspecified atom stereocenters. The third-order valence-corrected chi connectivity index (χ3v) is 2.98. The van der Waals surface area contributed by atoms with Gasteiger partial charge in [-0.3, -0.25) is 4.99 Å². The first kappa shape index (κ1) is 16.7. The van der Waals surface area contributed by atoms with Crippen molar-refractivity contribution in [1.29, 1.82) is 0 Å². The molecule has 6 heteroatoms. The molecule has 2 N–H and O–H groups in total. The Hall–Kier alpha value is -1.31. The SMILES string of the molecule is COC(=O)c1ccc(CCNC2=NCCCN2)cc1.I. The van der Waals surface area contributed by atoms with Crippen LogP contribution in [0.2, 0.25) is 0 Å². The predicted octanol–water partition coefficient (Wildman–Crippen LogP) is 1.57. The van der Waals surface area contributed by atoms with E-state index in [1.54, 1.807) is 12.1 Å². The largest absolute Gasteiger partial charge is 0.465 e. The van der Waals surface area contributed by atoms with E-state index in [0.717, 1.165) is 38.4 Å². The van der Waals surface area contributed by atoms with E-state index in [0.29, 0.717) is 5.56 Å². The molecule has 0 atom stereocenters. The number of benzene rings is 1. The molecule has 0 aromatic heterocycles. The van der Waals surface area contributed by atoms with Crippen molar-refractivity contribution >= 4 is 35.9 Å². The first-order valence-corrected chi connectivity index (χ1v) is 6.49. The fourth-order valence-corrected chi connectivity index (χ4v) is 1.90. The van der Waals surface area contributed by atoms with Gasteiger partial charge in [-0.05, 0) is 30.5 Å². The van der Waals surface area contributed by atoms with Crippen LogP contribution in [-0.4, -0.2) is 38.7 Å². The lowest BCUT2D eigenvalue weighted by molar-refractivity contribution is 0.0600. The molecule has 1 aromatic rings. The summed E-state index contributed by atoms with van der Waals surface area (Å²) in [5, 5.41) is 6.48. The molecule has 0 amide bonds. The highest BCUT2D eigenvalue weighted by Crippen LogP contribution is 2.06. The third kappa shape index (κ3) is 4.99. The van der Waals surface area contributed by atoms with Crippen molar-refractivity contribution in [2.24, 2.45) is 4.99 Å². The van der Waals surface area contributed by atoms with Crippen molar-refractivity contribution < 1.29 is 9.53 Å². The molecule has 0 spiro atoms. The first-order chi connectivity index (χ1) is 9.29. The highest BCUT2D eigenvalue weighted by molar-refractivity contribution is 14.0. The van der Waals surface area contributed by atoms with Crippen molar-refractivity contribution in [3.8, 4) is 0 Å². The van der Waals surface area contributed by atoms with E-state index in [4.69, 9.17) is 0 Å². The van der Waals surface area contributed by atoms with Gasteiger partial charge in [-0.1, -0.05) is 12.1 Å². The van der Waals surface area contributed by atoms with Gasteiger partial charge in [0.15, 0.2) is 5.96 Å². The van der Waals surface area contributed by atoms with Gasteiger partial charge in [0.1, 0.15) is 0 Å². The van der Waals surface area contributed by atoms with Gasteiger partial charge < -0.3 is 15.4 Å². The highest BCUT2D eigenvalue weighted by Gasteiger charge is 2.05. The molecule has 0 saturated carbocycles. The normalized spacial score (nSPS) is 13.6. The van der Waals surface area contributed by atoms with Crippen LogP contribution in [-0.2, 0) is 11.2 Å². The minimum absolute atomic E-state index is 0. The summed E-state index contributed by atoms with van der Waals surface area (Å²) in [7, 11) is 1.39. The Morgan fingerprint density at radius 3 is 2.75 bits per heavy atom. The van der Waals surface area contributed by atoms with Crippen molar-refractivity contribution in [2.45, 2.75) is 12.8 Å². The van der Waals surface area contributed by atoms with E-state index in [1.807, 2.05) is 12.1 Å². The van der Waals surface area contributed by atoms with Gasteiger partial charge in [0.25, 0.3) is 0 Å². The standard InChI is InChI=1S/C14H19N3O2.HI/c1-19-13(18)12-5-3-11(4-6-12)7-10-17-14-15-8-2-9-16-14;/h3-6H,2,7-10H2,1H3,(H2,15,16,17);1H. The second kappa shape index (κ2) is 8.78. The molecule has 0 saturated heterocycles. The van der Waals surface area contributed by atoms with Gasteiger partial charge in [0, 0.05) is 19.6 Å². The lowest BCUT2D eigenvalue weighted by Crippen LogP contribution is -2.41. The fraction of sp³-hybridized carbons (Fsp3) is 0.429. The molecule has 5 nitrogen and oxygen atoms in total. The number of rotatable bonds is 4. The monoisotopic (exact) mass is 389 g/mol. The fourth-order valence-electron chi connectivity index (χ4n) is 1.90. The van der Waals surface area contributed by atoms with Crippen LogP contribution in [0, 0.1) is 0 Å². The average Bonchev–Trinajstić information content (AvgIpc) is 2.48. The summed E-state index contributed by atoms with van der Waals surface area (Å²) in [5.41, 5.74) is 1.76. The third-order valence-electron chi connectivity index (χ3n) is 2.98. The summed E-state index contributed by atoms with van der Waals surface area (Å²) >= 11 is 0. The maximum Gasteiger partial charge on any atom is 0.337 e. The van der Waals surface area contributed by atoms with Gasteiger partial charge in [-0.25, -0.2) is 4.79 Å². The number of halogens is 1. The number of aliphatic imine (C=N–C) groups is 1. The Morgan fingerprint density at radius 1 is 1.40 bits per heavy atom. The van der Waals surface area contributed by atoms with Crippen LogP contribution >= 0.6 is 24.0 Å². The van der Waals surface area contributed by atoms with Crippen LogP contribution in [0.1, 0.15) is 22.3 Å². The molecule has 1 heterocycles. The van der Waals surface area contributed by atoms with E-state index >= 15 is 0 Å². The number of nitrogens with zero attached hydrogens (tertiary/aromatic N) is 1. The first-order valence-electron chi connectivity index (χ1n) is 6.49. The Morgan fingerprint density at radius 2 is 2.15 bits per heavy atom. The number of carbonyl (C=O) groups is 1. The Labute approximate surface area is 136 Å². The number of nitrogens with one attached hydrogen (secondary N) is 2. The summed E-state index contributed by atoms with van der Waals surface area (Å²) in [6.45, 7) is 2.70. The molecule has 0 fully saturated rings. The Bertz CT molecular complexity index is 460. The number of hydrogen-bond acceptors (Lipinski definition) is 5. The zero-order chi connectivity index (χ0) is 13.5. The molecule has 1 aliphatic rings. The maximum atomic E-state index is 11.3. The zero-order valence-corrected chi connectivity index (χ0v) is 13.8. The van der Waals surface area contributed by atoms with E-state index in [1.165, 1.54) is 12.7 Å². The maximum absolute atomic E-state index is 11.3. The van der Waals surface area contributed by atoms with Crippen molar-refractivity contribution in [2.75, 3.05) is 26.7 Å². The van der Waals surface area contributed by atoms with Gasteiger partial charge in [-0.2, -0.15) is 0 Å². The number of hydrogen-bond donors (Lipinski definition) is 2. The van der Waals surface area contributed by atoms with Gasteiger partial charge in [0.05, 0.1) is 12.7 Å². The molecule has 0 aliphatic carbocycles. The summed E-state index contributed by atoms with van der Waals surface area (Å²) in [6.07, 6.45) is 1.99. The lowest BCUT2D eigenvalue weighted by Gasteiger charge is -2.15. The van der Waals surface area contributed by atoms with Crippen LogP contribution in [0.3, 0.4) is 0 Å². The molecule has 1 aromatic carbocycles. The number of carbonyl (C=O) groups excluding carboxylic acids is 1. The lowest BCUT2D eigenvalue weighted by atomic mass is 10.1. The second-order valence-electron chi connectivity index (χ2n) is 4.38. The molecule has 0 radical (unpaired) electrons. The van der Waals surface area contributed by atoms with Gasteiger partial charge in [-0.15, -0.1) is 24.0 Å². The van der Waals surface area contributed by atoms with E-state index in [9.17, 15) is 4.79 Å². The summed E-state index contributed by atoms with van der Waals surface area (Å²) in [6, 6.07) is 7.48. The van der Waals surface area contributed by atoms with E-state index < -0.39 is 0 Å². The number of esters is 1. The van der Waals surface area contributed by atoms with Crippen molar-refractivity contribution in [3.05, 3.63) is 35.4 Å². The second-order valence-corrected chi connectivity index (χ2v) is 4.38. The molecule has 110 valence electrons. The molecule has 2 rings (SSSR count). The summed E-state index contributed by atoms with van der Waals surface area (Å²) in [4.78, 5) is 15.6. The van der Waals surface area contributed by atoms with Crippen molar-refractivity contribution in [3.63, 3.8) is 0 Å². The number of guanidine groups is 1. The smallest absolute Gasteiger partial charge is 0.337 e. The van der Waals surface area contributed by atoms with Crippen LogP contribution in [0.15, 0.2) is 29.3 Å². The molecule has 0 bridgehead atoms. The molecule has 1 aliphatic heterocycles. The van der Waals surface area contributed by atoms with E-state index in [2.05, 4.69) is 20.4 Å². The Kier molecular flexibility index (Phi) is 7.35. The number of ether oxygens (including phenoxy) is 1. The van der Waals surface area contributed by atoms with Crippen LogP contribution in [0.4, 0.5) is 0 Å². The molecular weight excluding hydrogens is 369 g/mol. The topological polar surface area (TPSA) is 62.7 Å². The quantitative estimate of drug-likeness (QED) is 0.607. The zero-order valence-electron chi connectivity index (χ0n) is 11.5. The summed E-state index contributed by atoms with van der Waals surface area (Å²) in [5.74, 6) is 0.586. The molecular formula is C14H20IN3O2. The average molecular weight is 389 g/mol. The summed E-state index contributed by atoms with van der Waals surface area (Å²) < 4.78 is 4.66.